The Hall–Kier alpha value is -1.20. The summed E-state index contributed by atoms with van der Waals surface area (Å²) < 4.78 is 1.92. The molecule has 2 aromatic heterocycles. The van der Waals surface area contributed by atoms with Crippen LogP contribution in [0.4, 0.5) is 0 Å². The Morgan fingerprint density at radius 2 is 2.17 bits per heavy atom. The maximum Gasteiger partial charge on any atom is 0.127 e. The SMILES string of the molecule is Cc1nn(C)c(C)c1-c1nc2c(s1)C(N)CCC2. The first-order valence-electron chi connectivity index (χ1n) is 6.33. The molecule has 0 spiro atoms. The quantitative estimate of drug-likeness (QED) is 0.859. The fraction of sp³-hybridized carbons (Fsp3) is 0.538. The van der Waals surface area contributed by atoms with E-state index in [1.165, 1.54) is 21.8 Å². The van der Waals surface area contributed by atoms with Crippen LogP contribution in [0.3, 0.4) is 0 Å². The Labute approximate surface area is 111 Å². The van der Waals surface area contributed by atoms with Crippen molar-refractivity contribution in [1.82, 2.24) is 14.8 Å². The molecule has 0 saturated carbocycles. The van der Waals surface area contributed by atoms with Gasteiger partial charge in [0, 0.05) is 23.7 Å². The van der Waals surface area contributed by atoms with Crippen molar-refractivity contribution in [2.75, 3.05) is 0 Å². The molecule has 1 unspecified atom stereocenters. The van der Waals surface area contributed by atoms with Gasteiger partial charge in [-0.05, 0) is 33.1 Å². The third kappa shape index (κ3) is 1.69. The lowest BCUT2D eigenvalue weighted by Gasteiger charge is -2.15. The van der Waals surface area contributed by atoms with Crippen LogP contribution in [-0.2, 0) is 13.5 Å². The van der Waals surface area contributed by atoms with E-state index in [9.17, 15) is 0 Å². The van der Waals surface area contributed by atoms with Gasteiger partial charge in [-0.25, -0.2) is 4.98 Å². The fourth-order valence-electron chi connectivity index (χ4n) is 2.64. The van der Waals surface area contributed by atoms with Crippen LogP contribution in [-0.4, -0.2) is 14.8 Å². The molecule has 5 heteroatoms. The van der Waals surface area contributed by atoms with Crippen LogP contribution in [0.25, 0.3) is 10.6 Å². The van der Waals surface area contributed by atoms with Crippen molar-refractivity contribution in [1.29, 1.82) is 0 Å². The minimum Gasteiger partial charge on any atom is -0.323 e. The molecule has 0 bridgehead atoms. The maximum atomic E-state index is 6.17. The Morgan fingerprint density at radius 3 is 2.78 bits per heavy atom. The van der Waals surface area contributed by atoms with Gasteiger partial charge in [0.05, 0.1) is 17.0 Å². The monoisotopic (exact) mass is 262 g/mol. The molecule has 96 valence electrons. The highest BCUT2D eigenvalue weighted by molar-refractivity contribution is 7.15. The van der Waals surface area contributed by atoms with Gasteiger partial charge in [0.25, 0.3) is 0 Å². The zero-order valence-corrected chi connectivity index (χ0v) is 11.8. The molecule has 1 aliphatic carbocycles. The molecular formula is C13H18N4S. The normalized spacial score (nSPS) is 19.0. The molecule has 1 atom stereocenters. The lowest BCUT2D eigenvalue weighted by atomic mass is 9.99. The number of aromatic nitrogens is 3. The molecule has 0 aromatic carbocycles. The van der Waals surface area contributed by atoms with Crippen molar-refractivity contribution >= 4 is 11.3 Å². The largest absolute Gasteiger partial charge is 0.323 e. The summed E-state index contributed by atoms with van der Waals surface area (Å²) in [4.78, 5) is 6.07. The van der Waals surface area contributed by atoms with Crippen LogP contribution in [0, 0.1) is 13.8 Å². The van der Waals surface area contributed by atoms with Gasteiger partial charge < -0.3 is 5.73 Å². The minimum atomic E-state index is 0.178. The Morgan fingerprint density at radius 1 is 1.39 bits per heavy atom. The van der Waals surface area contributed by atoms with Crippen LogP contribution in [0.2, 0.25) is 0 Å². The third-order valence-electron chi connectivity index (χ3n) is 3.72. The van der Waals surface area contributed by atoms with E-state index in [2.05, 4.69) is 12.0 Å². The topological polar surface area (TPSA) is 56.7 Å². The highest BCUT2D eigenvalue weighted by Crippen LogP contribution is 2.38. The van der Waals surface area contributed by atoms with Crippen LogP contribution in [0.15, 0.2) is 0 Å². The van der Waals surface area contributed by atoms with Crippen LogP contribution < -0.4 is 5.73 Å². The highest BCUT2D eigenvalue weighted by atomic mass is 32.1. The third-order valence-corrected chi connectivity index (χ3v) is 4.96. The molecule has 0 radical (unpaired) electrons. The van der Waals surface area contributed by atoms with Crippen molar-refractivity contribution in [3.63, 3.8) is 0 Å². The molecule has 0 aliphatic heterocycles. The number of hydrogen-bond acceptors (Lipinski definition) is 4. The molecule has 2 N–H and O–H groups in total. The number of hydrogen-bond donors (Lipinski definition) is 1. The van der Waals surface area contributed by atoms with Crippen molar-refractivity contribution < 1.29 is 0 Å². The second kappa shape index (κ2) is 4.17. The molecule has 2 heterocycles. The Balaban J connectivity index is 2.13. The number of thiazole rings is 1. The average Bonchev–Trinajstić information content (AvgIpc) is 2.83. The highest BCUT2D eigenvalue weighted by Gasteiger charge is 2.24. The summed E-state index contributed by atoms with van der Waals surface area (Å²) in [5.74, 6) is 0. The van der Waals surface area contributed by atoms with Gasteiger partial charge in [0.2, 0.25) is 0 Å². The van der Waals surface area contributed by atoms with E-state index in [0.717, 1.165) is 30.0 Å². The van der Waals surface area contributed by atoms with E-state index in [4.69, 9.17) is 10.7 Å². The standard InChI is InChI=1S/C13H18N4S/c1-7-11(8(2)17(3)16-7)13-15-10-6-4-5-9(14)12(10)18-13/h9H,4-6,14H2,1-3H3. The smallest absolute Gasteiger partial charge is 0.127 e. The van der Waals surface area contributed by atoms with E-state index in [1.807, 2.05) is 18.7 Å². The van der Waals surface area contributed by atoms with Gasteiger partial charge in [-0.2, -0.15) is 5.10 Å². The summed E-state index contributed by atoms with van der Waals surface area (Å²) >= 11 is 1.75. The van der Waals surface area contributed by atoms with E-state index < -0.39 is 0 Å². The van der Waals surface area contributed by atoms with E-state index >= 15 is 0 Å². The summed E-state index contributed by atoms with van der Waals surface area (Å²) in [6.07, 6.45) is 3.31. The summed E-state index contributed by atoms with van der Waals surface area (Å²) in [5, 5.41) is 5.55. The predicted octanol–water partition coefficient (Wildman–Crippen LogP) is 2.50. The summed E-state index contributed by atoms with van der Waals surface area (Å²) in [6.45, 7) is 4.14. The Bertz CT molecular complexity index is 596. The van der Waals surface area contributed by atoms with Gasteiger partial charge in [-0.1, -0.05) is 0 Å². The molecule has 0 amide bonds. The van der Waals surface area contributed by atoms with E-state index in [1.54, 1.807) is 11.3 Å². The van der Waals surface area contributed by atoms with Crippen molar-refractivity contribution in [2.24, 2.45) is 12.8 Å². The zero-order valence-electron chi connectivity index (χ0n) is 11.0. The predicted molar refractivity (Wildman–Crippen MR) is 73.7 cm³/mol. The summed E-state index contributed by atoms with van der Waals surface area (Å²) in [5.41, 5.74) is 10.8. The van der Waals surface area contributed by atoms with Crippen molar-refractivity contribution in [2.45, 2.75) is 39.2 Å². The van der Waals surface area contributed by atoms with E-state index in [-0.39, 0.29) is 6.04 Å². The number of rotatable bonds is 1. The van der Waals surface area contributed by atoms with Crippen molar-refractivity contribution in [3.8, 4) is 10.6 Å². The number of fused-ring (bicyclic) bond motifs is 1. The molecule has 0 fully saturated rings. The summed E-state index contributed by atoms with van der Waals surface area (Å²) in [6, 6.07) is 0.178. The lowest BCUT2D eigenvalue weighted by Crippen LogP contribution is -2.15. The van der Waals surface area contributed by atoms with Gasteiger partial charge in [-0.3, -0.25) is 4.68 Å². The van der Waals surface area contributed by atoms with Gasteiger partial charge >= 0.3 is 0 Å². The van der Waals surface area contributed by atoms with Crippen LogP contribution in [0.1, 0.15) is 40.8 Å². The van der Waals surface area contributed by atoms with Crippen molar-refractivity contribution in [3.05, 3.63) is 22.0 Å². The van der Waals surface area contributed by atoms with Crippen LogP contribution >= 0.6 is 11.3 Å². The zero-order chi connectivity index (χ0) is 12.9. The second-order valence-corrected chi connectivity index (χ2v) is 6.03. The number of aryl methyl sites for hydroxylation is 3. The molecule has 2 aromatic rings. The first-order valence-corrected chi connectivity index (χ1v) is 7.15. The second-order valence-electron chi connectivity index (χ2n) is 5.00. The molecule has 1 aliphatic rings. The number of nitrogens with two attached hydrogens (primary N) is 1. The molecule has 3 rings (SSSR count). The molecule has 4 nitrogen and oxygen atoms in total. The maximum absolute atomic E-state index is 6.17. The van der Waals surface area contributed by atoms with Crippen LogP contribution in [0.5, 0.6) is 0 Å². The Kier molecular flexibility index (Phi) is 2.75. The fourth-order valence-corrected chi connectivity index (χ4v) is 3.94. The van der Waals surface area contributed by atoms with Gasteiger partial charge in [0.15, 0.2) is 0 Å². The summed E-state index contributed by atoms with van der Waals surface area (Å²) in [7, 11) is 1.98. The van der Waals surface area contributed by atoms with Gasteiger partial charge in [-0.15, -0.1) is 11.3 Å². The molecule has 0 saturated heterocycles. The van der Waals surface area contributed by atoms with Gasteiger partial charge in [0.1, 0.15) is 5.01 Å². The first-order chi connectivity index (χ1) is 8.58. The lowest BCUT2D eigenvalue weighted by molar-refractivity contribution is 0.573. The number of nitrogens with zero attached hydrogens (tertiary/aromatic N) is 3. The molecule has 18 heavy (non-hydrogen) atoms. The average molecular weight is 262 g/mol. The van der Waals surface area contributed by atoms with E-state index in [0.29, 0.717) is 0 Å². The molecular weight excluding hydrogens is 244 g/mol. The minimum absolute atomic E-state index is 0.178. The first kappa shape index (κ1) is 11.9.